The van der Waals surface area contributed by atoms with Crippen molar-refractivity contribution >= 4 is 12.0 Å². The smallest absolute Gasteiger partial charge is 0.262 e. The fourth-order valence-corrected chi connectivity index (χ4v) is 2.88. The monoisotopic (exact) mass is 362 g/mol. The molecule has 0 aromatic heterocycles. The van der Waals surface area contributed by atoms with Crippen LogP contribution in [0.25, 0.3) is 6.08 Å². The molecular weight excluding hydrogens is 340 g/mol. The van der Waals surface area contributed by atoms with Crippen molar-refractivity contribution in [2.75, 3.05) is 13.2 Å². The minimum absolute atomic E-state index is 0.0374. The molecule has 5 heteroatoms. The van der Waals surface area contributed by atoms with Crippen LogP contribution < -0.4 is 10.1 Å². The zero-order chi connectivity index (χ0) is 18.9. The van der Waals surface area contributed by atoms with Gasteiger partial charge in [0.25, 0.3) is 5.91 Å². The first-order valence-electron chi connectivity index (χ1n) is 9.03. The van der Waals surface area contributed by atoms with Crippen LogP contribution in [0.3, 0.4) is 0 Å². The molecule has 2 aromatic rings. The number of ether oxygens (including phenoxy) is 2. The number of para-hydroxylation sites is 1. The summed E-state index contributed by atoms with van der Waals surface area (Å²) in [6.07, 6.45) is 3.54. The predicted molar refractivity (Wildman–Crippen MR) is 103 cm³/mol. The molecule has 1 N–H and O–H groups in total. The first kappa shape index (κ1) is 18.7. The highest BCUT2D eigenvalue weighted by atomic mass is 16.5. The molecule has 0 aliphatic carbocycles. The van der Waals surface area contributed by atoms with Crippen molar-refractivity contribution in [1.82, 2.24) is 5.32 Å². The van der Waals surface area contributed by atoms with E-state index in [0.29, 0.717) is 24.5 Å². The number of rotatable bonds is 7. The molecule has 27 heavy (non-hydrogen) atoms. The topological polar surface area (TPSA) is 71.3 Å². The van der Waals surface area contributed by atoms with Gasteiger partial charge < -0.3 is 14.8 Å². The van der Waals surface area contributed by atoms with E-state index >= 15 is 0 Å². The van der Waals surface area contributed by atoms with E-state index in [4.69, 9.17) is 9.47 Å². The maximum Gasteiger partial charge on any atom is 0.262 e. The second-order valence-corrected chi connectivity index (χ2v) is 6.33. The summed E-state index contributed by atoms with van der Waals surface area (Å²) in [5.41, 5.74) is 1.78. The molecule has 1 unspecified atom stereocenters. The lowest BCUT2D eigenvalue weighted by molar-refractivity contribution is -0.117. The van der Waals surface area contributed by atoms with E-state index in [9.17, 15) is 10.1 Å². The van der Waals surface area contributed by atoms with Crippen LogP contribution in [0.15, 0.2) is 60.2 Å². The Morgan fingerprint density at radius 3 is 2.74 bits per heavy atom. The highest BCUT2D eigenvalue weighted by Crippen LogP contribution is 2.22. The normalized spacial score (nSPS) is 16.6. The number of hydrogen-bond donors (Lipinski definition) is 1. The number of hydrogen-bond acceptors (Lipinski definition) is 4. The number of benzene rings is 2. The van der Waals surface area contributed by atoms with Crippen molar-refractivity contribution in [2.45, 2.75) is 25.6 Å². The standard InChI is InChI=1S/C22H22N2O3/c23-14-19(22(25)24-15-20-10-6-12-26-20)13-18-9-4-5-11-21(18)27-16-17-7-2-1-3-8-17/h1-5,7-9,11,13,20H,6,10,12,15-16H2,(H,24,25)/b19-13+. The van der Waals surface area contributed by atoms with E-state index < -0.39 is 5.91 Å². The number of nitrogens with zero attached hydrogens (tertiary/aromatic N) is 1. The third-order valence-corrected chi connectivity index (χ3v) is 4.34. The third-order valence-electron chi connectivity index (χ3n) is 4.34. The van der Waals surface area contributed by atoms with Gasteiger partial charge in [0, 0.05) is 18.7 Å². The Balaban J connectivity index is 1.68. The molecule has 0 bridgehead atoms. The number of nitrogens with one attached hydrogen (secondary N) is 1. The molecule has 1 aliphatic heterocycles. The van der Waals surface area contributed by atoms with Crippen LogP contribution in [-0.4, -0.2) is 25.2 Å². The molecule has 0 spiro atoms. The Morgan fingerprint density at radius 2 is 2.00 bits per heavy atom. The summed E-state index contributed by atoms with van der Waals surface area (Å²) in [6.45, 7) is 1.57. The zero-order valence-corrected chi connectivity index (χ0v) is 15.1. The van der Waals surface area contributed by atoms with Crippen LogP contribution in [0.5, 0.6) is 5.75 Å². The molecule has 2 aromatic carbocycles. The van der Waals surface area contributed by atoms with Gasteiger partial charge in [-0.1, -0.05) is 48.5 Å². The minimum Gasteiger partial charge on any atom is -0.488 e. The van der Waals surface area contributed by atoms with Crippen LogP contribution in [0.2, 0.25) is 0 Å². The number of carbonyl (C=O) groups is 1. The van der Waals surface area contributed by atoms with Crippen molar-refractivity contribution in [3.05, 3.63) is 71.3 Å². The molecule has 1 aliphatic rings. The van der Waals surface area contributed by atoms with Gasteiger partial charge in [-0.3, -0.25) is 4.79 Å². The quantitative estimate of drug-likeness (QED) is 0.605. The molecule has 0 radical (unpaired) electrons. The van der Waals surface area contributed by atoms with Gasteiger partial charge in [0.15, 0.2) is 0 Å². The van der Waals surface area contributed by atoms with Crippen molar-refractivity contribution in [2.24, 2.45) is 0 Å². The van der Waals surface area contributed by atoms with Gasteiger partial charge in [-0.2, -0.15) is 5.26 Å². The average molecular weight is 362 g/mol. The molecule has 5 nitrogen and oxygen atoms in total. The van der Waals surface area contributed by atoms with Crippen LogP contribution in [0.1, 0.15) is 24.0 Å². The maximum absolute atomic E-state index is 12.3. The van der Waals surface area contributed by atoms with Crippen molar-refractivity contribution < 1.29 is 14.3 Å². The van der Waals surface area contributed by atoms with Gasteiger partial charge in [-0.05, 0) is 30.5 Å². The fraction of sp³-hybridized carbons (Fsp3) is 0.273. The van der Waals surface area contributed by atoms with Crippen LogP contribution >= 0.6 is 0 Å². The minimum atomic E-state index is -0.397. The summed E-state index contributed by atoms with van der Waals surface area (Å²) in [5, 5.41) is 12.2. The Labute approximate surface area is 159 Å². The molecule has 1 atom stereocenters. The molecule has 138 valence electrons. The second kappa shape index (κ2) is 9.56. The predicted octanol–water partition coefficient (Wildman–Crippen LogP) is 3.47. The van der Waals surface area contributed by atoms with Gasteiger partial charge in [-0.15, -0.1) is 0 Å². The third kappa shape index (κ3) is 5.44. The first-order chi connectivity index (χ1) is 13.3. The molecule has 1 amide bonds. The maximum atomic E-state index is 12.3. The fourth-order valence-electron chi connectivity index (χ4n) is 2.88. The van der Waals surface area contributed by atoms with Crippen LogP contribution in [-0.2, 0) is 16.1 Å². The molecule has 1 saturated heterocycles. The van der Waals surface area contributed by atoms with E-state index in [1.807, 2.05) is 60.7 Å². The summed E-state index contributed by atoms with van der Waals surface area (Å²) in [4.78, 5) is 12.3. The van der Waals surface area contributed by atoms with E-state index in [1.54, 1.807) is 6.08 Å². The summed E-state index contributed by atoms with van der Waals surface area (Å²) >= 11 is 0. The molecule has 1 fully saturated rings. The van der Waals surface area contributed by atoms with E-state index in [2.05, 4.69) is 5.32 Å². The highest BCUT2D eigenvalue weighted by molar-refractivity contribution is 6.02. The molecule has 0 saturated carbocycles. The van der Waals surface area contributed by atoms with E-state index in [1.165, 1.54) is 0 Å². The number of nitriles is 1. The molecule has 3 rings (SSSR count). The van der Waals surface area contributed by atoms with Gasteiger partial charge in [0.1, 0.15) is 24.0 Å². The Morgan fingerprint density at radius 1 is 1.22 bits per heavy atom. The van der Waals surface area contributed by atoms with E-state index in [0.717, 1.165) is 25.0 Å². The van der Waals surface area contributed by atoms with E-state index in [-0.39, 0.29) is 11.7 Å². The van der Waals surface area contributed by atoms with Gasteiger partial charge in [0.05, 0.1) is 6.10 Å². The number of carbonyl (C=O) groups excluding carboxylic acids is 1. The lowest BCUT2D eigenvalue weighted by atomic mass is 10.1. The lowest BCUT2D eigenvalue weighted by Crippen LogP contribution is -2.32. The summed E-state index contributed by atoms with van der Waals surface area (Å²) in [6, 6.07) is 19.2. The Hall–Kier alpha value is -3.10. The van der Waals surface area contributed by atoms with Crippen LogP contribution in [0, 0.1) is 11.3 Å². The lowest BCUT2D eigenvalue weighted by Gasteiger charge is -2.11. The Kier molecular flexibility index (Phi) is 6.61. The van der Waals surface area contributed by atoms with Gasteiger partial charge >= 0.3 is 0 Å². The van der Waals surface area contributed by atoms with Crippen molar-refractivity contribution in [3.63, 3.8) is 0 Å². The molecular formula is C22H22N2O3. The average Bonchev–Trinajstić information content (AvgIpc) is 3.24. The first-order valence-corrected chi connectivity index (χ1v) is 9.03. The summed E-state index contributed by atoms with van der Waals surface area (Å²) < 4.78 is 11.4. The van der Waals surface area contributed by atoms with Crippen molar-refractivity contribution in [3.8, 4) is 11.8 Å². The van der Waals surface area contributed by atoms with Gasteiger partial charge in [0.2, 0.25) is 0 Å². The van der Waals surface area contributed by atoms with Crippen molar-refractivity contribution in [1.29, 1.82) is 5.26 Å². The zero-order valence-electron chi connectivity index (χ0n) is 15.1. The van der Waals surface area contributed by atoms with Crippen LogP contribution in [0.4, 0.5) is 0 Å². The van der Waals surface area contributed by atoms with Gasteiger partial charge in [-0.25, -0.2) is 0 Å². The number of amides is 1. The Bertz CT molecular complexity index is 834. The SMILES string of the molecule is N#C/C(=C\c1ccccc1OCc1ccccc1)C(=O)NCC1CCCO1. The highest BCUT2D eigenvalue weighted by Gasteiger charge is 2.18. The summed E-state index contributed by atoms with van der Waals surface area (Å²) in [7, 11) is 0. The molecule has 1 heterocycles. The summed E-state index contributed by atoms with van der Waals surface area (Å²) in [5.74, 6) is 0.229. The largest absolute Gasteiger partial charge is 0.488 e. The second-order valence-electron chi connectivity index (χ2n) is 6.33.